The lowest BCUT2D eigenvalue weighted by atomic mass is 10.9. The monoisotopic (exact) mass is 346 g/mol. The van der Waals surface area contributed by atoms with E-state index in [1.54, 1.807) is 7.11 Å². The zero-order valence-corrected chi connectivity index (χ0v) is 18.2. The molecule has 0 aliphatic carbocycles. The van der Waals surface area contributed by atoms with Gasteiger partial charge in [-0.05, 0) is 32.9 Å². The van der Waals surface area contributed by atoms with Crippen molar-refractivity contribution in [3.63, 3.8) is 0 Å². The Morgan fingerprint density at radius 1 is 0.619 bits per heavy atom. The van der Waals surface area contributed by atoms with Crippen LogP contribution in [-0.4, -0.2) is 60.7 Å². The first-order valence-electron chi connectivity index (χ1n) is 7.54. The molecule has 134 valence electrons. The van der Waals surface area contributed by atoms with Crippen LogP contribution in [0.4, 0.5) is 0 Å². The second-order valence-corrected chi connectivity index (χ2v) is 7.14. The van der Waals surface area contributed by atoms with E-state index in [0.717, 1.165) is 6.61 Å². The van der Waals surface area contributed by atoms with Gasteiger partial charge in [0.25, 0.3) is 0 Å². The molecular formula is C13H38O6Si2. The van der Waals surface area contributed by atoms with E-state index in [-0.39, 0.29) is 19.5 Å². The van der Waals surface area contributed by atoms with Gasteiger partial charge in [-0.25, -0.2) is 19.6 Å². The van der Waals surface area contributed by atoms with Crippen molar-refractivity contribution in [2.45, 2.75) is 46.7 Å². The molecule has 0 N–H and O–H groups in total. The molecule has 0 aromatic heterocycles. The summed E-state index contributed by atoms with van der Waals surface area (Å²) in [5, 5.41) is 0. The highest BCUT2D eigenvalue weighted by Gasteiger charge is 1.75. The summed E-state index contributed by atoms with van der Waals surface area (Å²) in [7, 11) is 4.54. The Morgan fingerprint density at radius 2 is 1.05 bits per heavy atom. The quantitative estimate of drug-likeness (QED) is 0.275. The lowest BCUT2D eigenvalue weighted by molar-refractivity contribution is -0.287. The van der Waals surface area contributed by atoms with Crippen LogP contribution in [0.1, 0.15) is 34.6 Å². The van der Waals surface area contributed by atoms with Crippen molar-refractivity contribution in [3.05, 3.63) is 0 Å². The van der Waals surface area contributed by atoms with E-state index in [1.165, 1.54) is 26.3 Å². The summed E-state index contributed by atoms with van der Waals surface area (Å²) < 4.78 is 9.95. The largest absolute Gasteiger partial charge is 0.427 e. The van der Waals surface area contributed by atoms with E-state index < -0.39 is 0 Å². The maximum absolute atomic E-state index is 5.12. The molecule has 0 rings (SSSR count). The van der Waals surface area contributed by atoms with E-state index in [1.807, 2.05) is 20.8 Å². The summed E-state index contributed by atoms with van der Waals surface area (Å²) in [4.78, 5) is 17.0. The third kappa shape index (κ3) is 79.1. The lowest BCUT2D eigenvalue weighted by Crippen LogP contribution is -1.93. The minimum Gasteiger partial charge on any atom is -0.427 e. The standard InChI is InChI=1S/C4H10O2.C4H12OSi.C3H10OSi.C2H6O2/c2*1-3-5-6-4-2;1-3-5-4-2;1-3-4-2/h3-4H2,1-2H3;3-4,6H2,1-2H3;3,5H2,1-2H3;1-2H3. The van der Waals surface area contributed by atoms with Gasteiger partial charge >= 0.3 is 0 Å². The average Bonchev–Trinajstić information content (AvgIpc) is 2.53. The van der Waals surface area contributed by atoms with Gasteiger partial charge in [-0.1, -0.05) is 13.8 Å². The summed E-state index contributed by atoms with van der Waals surface area (Å²) in [5.74, 6) is 0. The van der Waals surface area contributed by atoms with E-state index in [0.29, 0.717) is 13.2 Å². The smallest absolute Gasteiger partial charge is 0.161 e. The Labute approximate surface area is 136 Å². The highest BCUT2D eigenvalue weighted by atomic mass is 28.2. The van der Waals surface area contributed by atoms with Crippen molar-refractivity contribution in [1.82, 2.24) is 0 Å². The molecule has 0 radical (unpaired) electrons. The maximum Gasteiger partial charge on any atom is 0.161 e. The van der Waals surface area contributed by atoms with Crippen molar-refractivity contribution in [1.29, 1.82) is 0 Å². The Balaban J connectivity index is -0.0000000929. The first-order valence-corrected chi connectivity index (χ1v) is 10.7. The summed E-state index contributed by atoms with van der Waals surface area (Å²) in [6, 6.07) is 2.53. The molecule has 0 saturated heterocycles. The first kappa shape index (κ1) is 29.2. The number of hydrogen-bond donors (Lipinski definition) is 0. The van der Waals surface area contributed by atoms with Gasteiger partial charge in [0.1, 0.15) is 0 Å². The van der Waals surface area contributed by atoms with Gasteiger partial charge in [-0.2, -0.15) is 0 Å². The molecule has 0 bridgehead atoms. The van der Waals surface area contributed by atoms with Crippen LogP contribution in [0.15, 0.2) is 0 Å². The van der Waals surface area contributed by atoms with E-state index in [4.69, 9.17) is 8.85 Å². The van der Waals surface area contributed by atoms with E-state index in [9.17, 15) is 0 Å². The molecule has 0 aromatic carbocycles. The maximum atomic E-state index is 5.12. The molecule has 0 fully saturated rings. The van der Waals surface area contributed by atoms with Crippen molar-refractivity contribution in [3.8, 4) is 0 Å². The molecule has 0 unspecified atom stereocenters. The topological polar surface area (TPSA) is 55.4 Å². The first-order chi connectivity index (χ1) is 10.2. The molecule has 8 heteroatoms. The summed E-state index contributed by atoms with van der Waals surface area (Å²) in [6.45, 7) is 12.3. The van der Waals surface area contributed by atoms with Crippen molar-refractivity contribution in [2.75, 3.05) is 41.2 Å². The Hall–Kier alpha value is 0.194. The molecule has 21 heavy (non-hydrogen) atoms. The third-order valence-electron chi connectivity index (χ3n) is 1.45. The van der Waals surface area contributed by atoms with Crippen LogP contribution >= 0.6 is 0 Å². The highest BCUT2D eigenvalue weighted by molar-refractivity contribution is 6.26. The van der Waals surface area contributed by atoms with E-state index in [2.05, 4.69) is 33.4 Å². The van der Waals surface area contributed by atoms with Gasteiger partial charge in [-0.3, -0.25) is 0 Å². The molecule has 0 saturated carbocycles. The predicted molar refractivity (Wildman–Crippen MR) is 94.0 cm³/mol. The van der Waals surface area contributed by atoms with Gasteiger partial charge in [0.05, 0.1) is 27.4 Å². The zero-order valence-electron chi connectivity index (χ0n) is 15.4. The van der Waals surface area contributed by atoms with E-state index >= 15 is 0 Å². The number of rotatable bonds is 9. The van der Waals surface area contributed by atoms with Crippen LogP contribution in [0.2, 0.25) is 12.1 Å². The van der Waals surface area contributed by atoms with Crippen molar-refractivity contribution >= 4 is 19.5 Å². The van der Waals surface area contributed by atoms with Crippen LogP contribution in [0.5, 0.6) is 0 Å². The average molecular weight is 347 g/mol. The second kappa shape index (κ2) is 42.7. The molecule has 0 aliphatic heterocycles. The fourth-order valence-corrected chi connectivity index (χ4v) is 1.65. The van der Waals surface area contributed by atoms with Gasteiger partial charge in [-0.15, -0.1) is 0 Å². The predicted octanol–water partition coefficient (Wildman–Crippen LogP) is 1.87. The molecule has 6 nitrogen and oxygen atoms in total. The third-order valence-corrected chi connectivity index (χ3v) is 3.37. The van der Waals surface area contributed by atoms with Crippen LogP contribution in [0, 0.1) is 0 Å². The molecule has 0 atom stereocenters. The van der Waals surface area contributed by atoms with Crippen molar-refractivity contribution < 1.29 is 28.4 Å². The van der Waals surface area contributed by atoms with Gasteiger partial charge in [0.2, 0.25) is 0 Å². The van der Waals surface area contributed by atoms with Crippen LogP contribution < -0.4 is 0 Å². The molecule has 0 aliphatic rings. The van der Waals surface area contributed by atoms with Gasteiger partial charge in [0.15, 0.2) is 19.5 Å². The summed E-state index contributed by atoms with van der Waals surface area (Å²) >= 11 is 0. The Bertz CT molecular complexity index is 103. The minimum atomic E-state index is -0.0783. The molecule has 0 amide bonds. The van der Waals surface area contributed by atoms with Crippen LogP contribution in [0.3, 0.4) is 0 Å². The molecular weight excluding hydrogens is 308 g/mol. The normalized spacial score (nSPS) is 9.71. The summed E-state index contributed by atoms with van der Waals surface area (Å²) in [5.41, 5.74) is 0. The highest BCUT2D eigenvalue weighted by Crippen LogP contribution is 1.73. The minimum absolute atomic E-state index is 0.0679. The molecule has 0 heterocycles. The van der Waals surface area contributed by atoms with Gasteiger partial charge < -0.3 is 8.85 Å². The fraction of sp³-hybridized carbons (Fsp3) is 1.00. The SMILES string of the molecule is CCOOCC.CCO[SiH2]CC.CC[SiH2]OC.COOC. The van der Waals surface area contributed by atoms with Crippen LogP contribution in [0.25, 0.3) is 0 Å². The zero-order chi connectivity index (χ0) is 17.2. The second-order valence-electron chi connectivity index (χ2n) is 3.34. The van der Waals surface area contributed by atoms with Crippen molar-refractivity contribution in [2.24, 2.45) is 0 Å². The molecule has 0 aromatic rings. The van der Waals surface area contributed by atoms with Crippen LogP contribution in [-0.2, 0) is 28.4 Å². The number of hydrogen-bond acceptors (Lipinski definition) is 6. The molecule has 0 spiro atoms. The van der Waals surface area contributed by atoms with Gasteiger partial charge in [0, 0.05) is 13.7 Å². The fourth-order valence-electron chi connectivity index (χ4n) is 0.659. The lowest BCUT2D eigenvalue weighted by Gasteiger charge is -1.92. The summed E-state index contributed by atoms with van der Waals surface area (Å²) in [6.07, 6.45) is 0. The Kier molecular flexibility index (Phi) is 59.5. The Morgan fingerprint density at radius 3 is 1.14 bits per heavy atom.